The molecule has 5 heteroatoms. The summed E-state index contributed by atoms with van der Waals surface area (Å²) in [5.74, 6) is 0. The molecular formula is C15H28N2O3. The lowest BCUT2D eigenvalue weighted by atomic mass is 9.71. The minimum atomic E-state index is -0.443. The summed E-state index contributed by atoms with van der Waals surface area (Å²) in [6, 6.07) is 0.0239. The molecule has 5 nitrogen and oxygen atoms in total. The number of hydrogen-bond acceptors (Lipinski definition) is 4. The van der Waals surface area contributed by atoms with Crippen LogP contribution in [-0.4, -0.2) is 47.9 Å². The Morgan fingerprint density at radius 1 is 1.30 bits per heavy atom. The van der Waals surface area contributed by atoms with Crippen molar-refractivity contribution in [3.63, 3.8) is 0 Å². The van der Waals surface area contributed by atoms with Crippen molar-refractivity contribution in [2.24, 2.45) is 11.1 Å². The van der Waals surface area contributed by atoms with Gasteiger partial charge in [-0.15, -0.1) is 0 Å². The zero-order valence-corrected chi connectivity index (χ0v) is 13.4. The predicted molar refractivity (Wildman–Crippen MR) is 77.5 cm³/mol. The Labute approximate surface area is 121 Å². The summed E-state index contributed by atoms with van der Waals surface area (Å²) in [4.78, 5) is 13.9. The summed E-state index contributed by atoms with van der Waals surface area (Å²) in [7, 11) is 0. The molecule has 0 aromatic carbocycles. The minimum Gasteiger partial charge on any atom is -0.444 e. The van der Waals surface area contributed by atoms with Gasteiger partial charge in [-0.05, 0) is 47.5 Å². The predicted octanol–water partition coefficient (Wildman–Crippen LogP) is 2.14. The molecule has 2 rings (SSSR count). The van der Waals surface area contributed by atoms with Gasteiger partial charge in [-0.1, -0.05) is 0 Å². The number of nitrogens with two attached hydrogens (primary N) is 1. The molecule has 116 valence electrons. The van der Waals surface area contributed by atoms with Gasteiger partial charge in [0.15, 0.2) is 0 Å². The maximum Gasteiger partial charge on any atom is 0.410 e. The fourth-order valence-corrected chi connectivity index (χ4v) is 3.16. The molecule has 2 aliphatic heterocycles. The van der Waals surface area contributed by atoms with Crippen molar-refractivity contribution >= 4 is 6.09 Å². The molecule has 1 spiro atoms. The third-order valence-corrected chi connectivity index (χ3v) is 4.55. The molecule has 0 aromatic rings. The van der Waals surface area contributed by atoms with Gasteiger partial charge in [0.25, 0.3) is 0 Å². The van der Waals surface area contributed by atoms with Gasteiger partial charge in [-0.3, -0.25) is 0 Å². The highest BCUT2D eigenvalue weighted by molar-refractivity contribution is 5.68. The Bertz CT molecular complexity index is 379. The SMILES string of the molecule is CC(C)(C)OC(=O)N1CCC2(CC1)COC(C)(C)[C@H]2N. The Morgan fingerprint density at radius 3 is 2.25 bits per heavy atom. The largest absolute Gasteiger partial charge is 0.444 e. The first kappa shape index (κ1) is 15.6. The van der Waals surface area contributed by atoms with Crippen molar-refractivity contribution in [2.45, 2.75) is 64.7 Å². The summed E-state index contributed by atoms with van der Waals surface area (Å²) >= 11 is 0. The highest BCUT2D eigenvalue weighted by atomic mass is 16.6. The normalized spacial score (nSPS) is 28.7. The Kier molecular flexibility index (Phi) is 3.80. The van der Waals surface area contributed by atoms with Crippen molar-refractivity contribution in [3.8, 4) is 0 Å². The second-order valence-electron chi connectivity index (χ2n) is 7.70. The molecule has 0 bridgehead atoms. The fourth-order valence-electron chi connectivity index (χ4n) is 3.16. The molecule has 20 heavy (non-hydrogen) atoms. The van der Waals surface area contributed by atoms with Gasteiger partial charge in [-0.2, -0.15) is 0 Å². The monoisotopic (exact) mass is 284 g/mol. The number of ether oxygens (including phenoxy) is 2. The lowest BCUT2D eigenvalue weighted by molar-refractivity contribution is 0.00461. The number of piperidine rings is 1. The van der Waals surface area contributed by atoms with Gasteiger partial charge in [0, 0.05) is 24.5 Å². The van der Waals surface area contributed by atoms with E-state index in [1.54, 1.807) is 4.90 Å². The van der Waals surface area contributed by atoms with Crippen molar-refractivity contribution in [1.29, 1.82) is 0 Å². The van der Waals surface area contributed by atoms with E-state index in [1.165, 1.54) is 0 Å². The minimum absolute atomic E-state index is 0.0159. The first-order valence-electron chi connectivity index (χ1n) is 7.43. The Balaban J connectivity index is 1.95. The molecule has 0 radical (unpaired) electrons. The Hall–Kier alpha value is -0.810. The van der Waals surface area contributed by atoms with Crippen molar-refractivity contribution in [1.82, 2.24) is 4.90 Å². The van der Waals surface area contributed by atoms with E-state index in [-0.39, 0.29) is 23.2 Å². The van der Waals surface area contributed by atoms with Crippen LogP contribution in [0.1, 0.15) is 47.5 Å². The van der Waals surface area contributed by atoms with E-state index in [1.807, 2.05) is 34.6 Å². The number of nitrogens with zero attached hydrogens (tertiary/aromatic N) is 1. The van der Waals surface area contributed by atoms with Crippen molar-refractivity contribution in [2.75, 3.05) is 19.7 Å². The summed E-state index contributed by atoms with van der Waals surface area (Å²) in [5.41, 5.74) is 5.69. The van der Waals surface area contributed by atoms with Crippen LogP contribution < -0.4 is 5.73 Å². The van der Waals surface area contributed by atoms with E-state index in [0.29, 0.717) is 19.7 Å². The molecule has 2 N–H and O–H groups in total. The van der Waals surface area contributed by atoms with E-state index in [4.69, 9.17) is 15.2 Å². The van der Waals surface area contributed by atoms with Gasteiger partial charge in [0.05, 0.1) is 12.2 Å². The highest BCUT2D eigenvalue weighted by Crippen LogP contribution is 2.45. The lowest BCUT2D eigenvalue weighted by Gasteiger charge is -2.42. The zero-order chi connectivity index (χ0) is 15.2. The number of hydrogen-bond donors (Lipinski definition) is 1. The summed E-state index contributed by atoms with van der Waals surface area (Å²) in [6.07, 6.45) is 1.55. The average molecular weight is 284 g/mol. The number of amides is 1. The quantitative estimate of drug-likeness (QED) is 0.740. The third-order valence-electron chi connectivity index (χ3n) is 4.55. The van der Waals surface area contributed by atoms with Crippen LogP contribution in [-0.2, 0) is 9.47 Å². The summed E-state index contributed by atoms with van der Waals surface area (Å²) < 4.78 is 11.3. The third kappa shape index (κ3) is 2.93. The molecule has 0 aromatic heterocycles. The number of likely N-dealkylation sites (tertiary alicyclic amines) is 1. The highest BCUT2D eigenvalue weighted by Gasteiger charge is 2.53. The van der Waals surface area contributed by atoms with E-state index in [2.05, 4.69) is 0 Å². The lowest BCUT2D eigenvalue weighted by Crippen LogP contribution is -2.54. The molecule has 2 saturated heterocycles. The molecular weight excluding hydrogens is 256 g/mol. The van der Waals surface area contributed by atoms with Crippen molar-refractivity contribution in [3.05, 3.63) is 0 Å². The molecule has 1 amide bonds. The number of carbonyl (C=O) groups is 1. The first-order valence-corrected chi connectivity index (χ1v) is 7.43. The molecule has 2 aliphatic rings. The van der Waals surface area contributed by atoms with E-state index in [0.717, 1.165) is 12.8 Å². The van der Waals surface area contributed by atoms with Crippen LogP contribution in [0.4, 0.5) is 4.79 Å². The second kappa shape index (κ2) is 4.88. The molecule has 2 fully saturated rings. The number of rotatable bonds is 0. The molecule has 0 unspecified atom stereocenters. The molecule has 0 saturated carbocycles. The van der Waals surface area contributed by atoms with Crippen LogP contribution in [0.5, 0.6) is 0 Å². The zero-order valence-electron chi connectivity index (χ0n) is 13.4. The molecule has 0 aliphatic carbocycles. The van der Waals surface area contributed by atoms with E-state index in [9.17, 15) is 4.79 Å². The summed E-state index contributed by atoms with van der Waals surface area (Å²) in [6.45, 7) is 11.9. The first-order chi connectivity index (χ1) is 9.06. The maximum atomic E-state index is 12.1. The van der Waals surface area contributed by atoms with Gasteiger partial charge in [0.2, 0.25) is 0 Å². The molecule has 2 heterocycles. The topological polar surface area (TPSA) is 64.8 Å². The molecule has 1 atom stereocenters. The van der Waals surface area contributed by atoms with Gasteiger partial charge in [-0.25, -0.2) is 4.79 Å². The van der Waals surface area contributed by atoms with Crippen LogP contribution >= 0.6 is 0 Å². The fraction of sp³-hybridized carbons (Fsp3) is 0.933. The smallest absolute Gasteiger partial charge is 0.410 e. The van der Waals surface area contributed by atoms with Crippen LogP contribution in [0.2, 0.25) is 0 Å². The maximum absolute atomic E-state index is 12.1. The van der Waals surface area contributed by atoms with Gasteiger partial charge >= 0.3 is 6.09 Å². The van der Waals surface area contributed by atoms with Gasteiger partial charge < -0.3 is 20.1 Å². The van der Waals surface area contributed by atoms with Gasteiger partial charge in [0.1, 0.15) is 5.60 Å². The van der Waals surface area contributed by atoms with E-state index >= 15 is 0 Å². The average Bonchev–Trinajstić information content (AvgIpc) is 2.53. The van der Waals surface area contributed by atoms with Crippen LogP contribution in [0.25, 0.3) is 0 Å². The second-order valence-corrected chi connectivity index (χ2v) is 7.70. The summed E-state index contributed by atoms with van der Waals surface area (Å²) in [5, 5.41) is 0. The van der Waals surface area contributed by atoms with Crippen molar-refractivity contribution < 1.29 is 14.3 Å². The standard InChI is InChI=1S/C15H28N2O3/c1-13(2,3)20-12(18)17-8-6-15(7-9-17)10-19-14(4,5)11(15)16/h11H,6-10,16H2,1-5H3/t11-/m1/s1. The Morgan fingerprint density at radius 2 is 1.85 bits per heavy atom. The van der Waals surface area contributed by atoms with Crippen LogP contribution in [0, 0.1) is 5.41 Å². The van der Waals surface area contributed by atoms with Crippen LogP contribution in [0.3, 0.4) is 0 Å². The van der Waals surface area contributed by atoms with Crippen LogP contribution in [0.15, 0.2) is 0 Å². The number of carbonyl (C=O) groups excluding carboxylic acids is 1. The van der Waals surface area contributed by atoms with E-state index < -0.39 is 5.60 Å².